The van der Waals surface area contributed by atoms with Gasteiger partial charge < -0.3 is 14.2 Å². The van der Waals surface area contributed by atoms with Crippen molar-refractivity contribution in [2.45, 2.75) is 37.6 Å². The number of hydrogen-bond acceptors (Lipinski definition) is 5. The highest BCUT2D eigenvalue weighted by molar-refractivity contribution is 5.46. The lowest BCUT2D eigenvalue weighted by molar-refractivity contribution is -0.387. The van der Waals surface area contributed by atoms with Crippen LogP contribution in [-0.2, 0) is 9.47 Å². The summed E-state index contributed by atoms with van der Waals surface area (Å²) in [5.41, 5.74) is -0.298. The molecule has 0 aliphatic heterocycles. The molecule has 7 heteroatoms. The standard InChI is InChI=1S/C14H18FNO5/c1-19-13-5-3-4-8-14(13,20-2)21-12-9-10(15)6-7-11(12)16(17)18/h6-7,9,13H,3-5,8H2,1-2H3. The second-order valence-corrected chi connectivity index (χ2v) is 4.96. The predicted molar refractivity (Wildman–Crippen MR) is 72.7 cm³/mol. The summed E-state index contributed by atoms with van der Waals surface area (Å²) in [7, 11) is 3.00. The summed E-state index contributed by atoms with van der Waals surface area (Å²) in [5, 5.41) is 11.0. The van der Waals surface area contributed by atoms with Gasteiger partial charge in [-0.15, -0.1) is 0 Å². The maximum Gasteiger partial charge on any atom is 0.311 e. The second-order valence-electron chi connectivity index (χ2n) is 4.96. The van der Waals surface area contributed by atoms with E-state index in [1.165, 1.54) is 14.2 Å². The van der Waals surface area contributed by atoms with Gasteiger partial charge in [0, 0.05) is 32.8 Å². The van der Waals surface area contributed by atoms with Crippen LogP contribution < -0.4 is 4.74 Å². The average Bonchev–Trinajstić information content (AvgIpc) is 2.47. The monoisotopic (exact) mass is 299 g/mol. The first-order chi connectivity index (χ1) is 10.0. The molecule has 1 aliphatic carbocycles. The van der Waals surface area contributed by atoms with Crippen molar-refractivity contribution in [3.05, 3.63) is 34.1 Å². The highest BCUT2D eigenvalue weighted by Crippen LogP contribution is 2.38. The fourth-order valence-corrected chi connectivity index (χ4v) is 2.68. The molecule has 2 rings (SSSR count). The van der Waals surface area contributed by atoms with Crippen molar-refractivity contribution in [3.8, 4) is 5.75 Å². The quantitative estimate of drug-likeness (QED) is 0.475. The molecule has 0 heterocycles. The number of rotatable bonds is 5. The molecule has 1 fully saturated rings. The average molecular weight is 299 g/mol. The molecule has 116 valence electrons. The third kappa shape index (κ3) is 3.14. The highest BCUT2D eigenvalue weighted by atomic mass is 19.1. The summed E-state index contributed by atoms with van der Waals surface area (Å²) >= 11 is 0. The van der Waals surface area contributed by atoms with E-state index in [0.29, 0.717) is 12.8 Å². The van der Waals surface area contributed by atoms with Gasteiger partial charge in [0.05, 0.1) is 4.92 Å². The molecule has 1 aromatic carbocycles. The van der Waals surface area contributed by atoms with Crippen LogP contribution in [0.25, 0.3) is 0 Å². The van der Waals surface area contributed by atoms with E-state index in [-0.39, 0.29) is 17.5 Å². The van der Waals surface area contributed by atoms with Crippen LogP contribution in [0.5, 0.6) is 5.75 Å². The number of ether oxygens (including phenoxy) is 3. The zero-order chi connectivity index (χ0) is 15.5. The van der Waals surface area contributed by atoms with Crippen molar-refractivity contribution in [1.82, 2.24) is 0 Å². The molecule has 1 aromatic rings. The van der Waals surface area contributed by atoms with Gasteiger partial charge in [0.25, 0.3) is 0 Å². The summed E-state index contributed by atoms with van der Waals surface area (Å²) < 4.78 is 30.0. The lowest BCUT2D eigenvalue weighted by Gasteiger charge is -2.41. The molecule has 2 unspecified atom stereocenters. The van der Waals surface area contributed by atoms with Crippen LogP contribution in [0.1, 0.15) is 25.7 Å². The zero-order valence-corrected chi connectivity index (χ0v) is 12.0. The molecule has 0 aromatic heterocycles. The maximum atomic E-state index is 13.4. The van der Waals surface area contributed by atoms with Gasteiger partial charge in [0.15, 0.2) is 0 Å². The van der Waals surface area contributed by atoms with Crippen LogP contribution in [0.15, 0.2) is 18.2 Å². The van der Waals surface area contributed by atoms with Crippen molar-refractivity contribution in [2.24, 2.45) is 0 Å². The second kappa shape index (κ2) is 6.36. The van der Waals surface area contributed by atoms with Crippen molar-refractivity contribution in [3.63, 3.8) is 0 Å². The minimum Gasteiger partial charge on any atom is -0.452 e. The van der Waals surface area contributed by atoms with E-state index >= 15 is 0 Å². The SMILES string of the molecule is COC1CCCCC1(OC)Oc1cc(F)ccc1[N+](=O)[O-]. The topological polar surface area (TPSA) is 70.8 Å². The number of halogens is 1. The number of nitro groups is 1. The highest BCUT2D eigenvalue weighted by Gasteiger charge is 2.45. The Balaban J connectivity index is 2.37. The van der Waals surface area contributed by atoms with Crippen LogP contribution in [0.3, 0.4) is 0 Å². The Bertz CT molecular complexity index is 524. The number of nitro benzene ring substituents is 1. The molecule has 0 saturated heterocycles. The van der Waals surface area contributed by atoms with Gasteiger partial charge in [0.2, 0.25) is 11.5 Å². The molecule has 2 atom stereocenters. The molecule has 0 N–H and O–H groups in total. The van der Waals surface area contributed by atoms with Gasteiger partial charge in [-0.05, 0) is 18.9 Å². The Morgan fingerprint density at radius 2 is 2.14 bits per heavy atom. The molecule has 0 amide bonds. The van der Waals surface area contributed by atoms with E-state index in [1.807, 2.05) is 0 Å². The lowest BCUT2D eigenvalue weighted by atomic mass is 9.90. The van der Waals surface area contributed by atoms with E-state index in [9.17, 15) is 14.5 Å². The van der Waals surface area contributed by atoms with Gasteiger partial charge >= 0.3 is 5.69 Å². The van der Waals surface area contributed by atoms with Gasteiger partial charge in [-0.1, -0.05) is 6.42 Å². The Morgan fingerprint density at radius 3 is 2.76 bits per heavy atom. The van der Waals surface area contributed by atoms with Crippen molar-refractivity contribution < 1.29 is 23.5 Å². The van der Waals surface area contributed by atoms with E-state index in [4.69, 9.17) is 14.2 Å². The number of hydrogen-bond donors (Lipinski definition) is 0. The molecule has 21 heavy (non-hydrogen) atoms. The Morgan fingerprint density at radius 1 is 1.38 bits per heavy atom. The van der Waals surface area contributed by atoms with Gasteiger partial charge in [-0.2, -0.15) is 0 Å². The molecule has 6 nitrogen and oxygen atoms in total. The van der Waals surface area contributed by atoms with Crippen molar-refractivity contribution >= 4 is 5.69 Å². The number of benzene rings is 1. The first kappa shape index (κ1) is 15.7. The van der Waals surface area contributed by atoms with Crippen molar-refractivity contribution in [1.29, 1.82) is 0 Å². The summed E-state index contributed by atoms with van der Waals surface area (Å²) in [5.74, 6) is -1.89. The third-order valence-corrected chi connectivity index (χ3v) is 3.76. The van der Waals surface area contributed by atoms with Gasteiger partial charge in [0.1, 0.15) is 11.9 Å². The molecule has 0 radical (unpaired) electrons. The van der Waals surface area contributed by atoms with Crippen LogP contribution in [0.2, 0.25) is 0 Å². The van der Waals surface area contributed by atoms with Gasteiger partial charge in [-0.3, -0.25) is 10.1 Å². The molecule has 0 bridgehead atoms. The smallest absolute Gasteiger partial charge is 0.311 e. The van der Waals surface area contributed by atoms with E-state index in [2.05, 4.69) is 0 Å². The summed E-state index contributed by atoms with van der Waals surface area (Å²) in [6.45, 7) is 0. The van der Waals surface area contributed by atoms with Crippen LogP contribution in [-0.4, -0.2) is 31.0 Å². The fourth-order valence-electron chi connectivity index (χ4n) is 2.68. The van der Waals surface area contributed by atoms with Crippen LogP contribution >= 0.6 is 0 Å². The third-order valence-electron chi connectivity index (χ3n) is 3.76. The van der Waals surface area contributed by atoms with Crippen LogP contribution in [0, 0.1) is 15.9 Å². The lowest BCUT2D eigenvalue weighted by Crippen LogP contribution is -2.52. The predicted octanol–water partition coefficient (Wildman–Crippen LogP) is 3.04. The van der Waals surface area contributed by atoms with E-state index in [0.717, 1.165) is 31.0 Å². The molecular weight excluding hydrogens is 281 g/mol. The minimum absolute atomic E-state index is 0.147. The number of nitrogens with zero attached hydrogens (tertiary/aromatic N) is 1. The molecule has 1 saturated carbocycles. The van der Waals surface area contributed by atoms with Crippen LogP contribution in [0.4, 0.5) is 10.1 Å². The molecular formula is C14H18FNO5. The fraction of sp³-hybridized carbons (Fsp3) is 0.571. The Hall–Kier alpha value is -1.73. The first-order valence-electron chi connectivity index (χ1n) is 6.73. The first-order valence-corrected chi connectivity index (χ1v) is 6.73. The molecule has 0 spiro atoms. The zero-order valence-electron chi connectivity index (χ0n) is 12.0. The maximum absolute atomic E-state index is 13.4. The summed E-state index contributed by atoms with van der Waals surface area (Å²) in [6.07, 6.45) is 2.68. The molecule has 1 aliphatic rings. The van der Waals surface area contributed by atoms with Gasteiger partial charge in [-0.25, -0.2) is 4.39 Å². The normalized spacial score (nSPS) is 25.6. The Kier molecular flexibility index (Phi) is 4.74. The van der Waals surface area contributed by atoms with Crippen molar-refractivity contribution in [2.75, 3.05) is 14.2 Å². The summed E-state index contributed by atoms with van der Waals surface area (Å²) in [4.78, 5) is 10.4. The summed E-state index contributed by atoms with van der Waals surface area (Å²) in [6, 6.07) is 3.11. The minimum atomic E-state index is -1.13. The van der Waals surface area contributed by atoms with E-state index < -0.39 is 16.5 Å². The largest absolute Gasteiger partial charge is 0.452 e. The number of methoxy groups -OCH3 is 2. The van der Waals surface area contributed by atoms with E-state index in [1.54, 1.807) is 0 Å². The Labute approximate surface area is 122 Å².